The molecule has 0 heterocycles. The molecular formula is C12H9O2. The molecule has 1 radical (unpaired) electrons. The van der Waals surface area contributed by atoms with Crippen molar-refractivity contribution in [2.45, 2.75) is 0 Å². The Morgan fingerprint density at radius 3 is 2.29 bits per heavy atom. The topological polar surface area (TPSA) is 40.1 Å². The van der Waals surface area contributed by atoms with E-state index in [1.165, 1.54) is 6.07 Å². The molecular weight excluding hydrogens is 176 g/mol. The summed E-state index contributed by atoms with van der Waals surface area (Å²) in [6, 6.07) is 14.1. The average molecular weight is 185 g/mol. The Morgan fingerprint density at radius 2 is 1.57 bits per heavy atom. The van der Waals surface area contributed by atoms with Gasteiger partial charge in [-0.25, -0.2) is 0 Å². The minimum atomic E-state index is -0.321. The molecule has 1 N–H and O–H groups in total. The summed E-state index contributed by atoms with van der Waals surface area (Å²) >= 11 is 0. The monoisotopic (exact) mass is 185 g/mol. The van der Waals surface area contributed by atoms with Crippen LogP contribution in [-0.2, 0) is 5.11 Å². The Labute approximate surface area is 82.1 Å². The number of hydrogen-bond donors (Lipinski definition) is 1. The Morgan fingerprint density at radius 1 is 0.857 bits per heavy atom. The van der Waals surface area contributed by atoms with E-state index in [1.54, 1.807) is 12.1 Å². The van der Waals surface area contributed by atoms with Gasteiger partial charge in [0.2, 0.25) is 5.75 Å². The van der Waals surface area contributed by atoms with E-state index in [-0.39, 0.29) is 11.5 Å². The molecule has 0 aliphatic heterocycles. The van der Waals surface area contributed by atoms with Crippen molar-refractivity contribution in [2.75, 3.05) is 0 Å². The van der Waals surface area contributed by atoms with Crippen LogP contribution in [0.25, 0.3) is 11.1 Å². The molecule has 0 aliphatic carbocycles. The van der Waals surface area contributed by atoms with Gasteiger partial charge in [0.05, 0.1) is 0 Å². The highest BCUT2D eigenvalue weighted by Gasteiger charge is 2.08. The van der Waals surface area contributed by atoms with Gasteiger partial charge in [0.1, 0.15) is 0 Å². The molecule has 2 rings (SSSR count). The quantitative estimate of drug-likeness (QED) is 0.728. The van der Waals surface area contributed by atoms with Crippen LogP contribution < -0.4 is 0 Å². The van der Waals surface area contributed by atoms with Gasteiger partial charge in [-0.2, -0.15) is 0 Å². The molecule has 0 aromatic heterocycles. The van der Waals surface area contributed by atoms with Crippen LogP contribution in [-0.4, -0.2) is 5.11 Å². The molecule has 0 aliphatic rings. The molecule has 2 aromatic carbocycles. The maximum Gasteiger partial charge on any atom is 0.227 e. The first-order valence-electron chi connectivity index (χ1n) is 4.33. The average Bonchev–Trinajstić information content (AvgIpc) is 2.23. The van der Waals surface area contributed by atoms with Crippen LogP contribution in [0, 0.1) is 0 Å². The van der Waals surface area contributed by atoms with Gasteiger partial charge in [0, 0.05) is 5.56 Å². The van der Waals surface area contributed by atoms with Crippen LogP contribution >= 0.6 is 0 Å². The number of rotatable bonds is 1. The van der Waals surface area contributed by atoms with Crippen molar-refractivity contribution in [1.29, 1.82) is 0 Å². The summed E-state index contributed by atoms with van der Waals surface area (Å²) in [5.41, 5.74) is 1.36. The number of hydrogen-bond acceptors (Lipinski definition) is 1. The Kier molecular flexibility index (Phi) is 2.11. The minimum absolute atomic E-state index is 0.202. The molecule has 69 valence electrons. The Balaban J connectivity index is 2.58. The predicted octanol–water partition coefficient (Wildman–Crippen LogP) is 3.20. The van der Waals surface area contributed by atoms with Gasteiger partial charge >= 0.3 is 0 Å². The predicted molar refractivity (Wildman–Crippen MR) is 53.7 cm³/mol. The highest BCUT2D eigenvalue weighted by molar-refractivity contribution is 5.72. The number of benzene rings is 2. The van der Waals surface area contributed by atoms with E-state index in [1.807, 2.05) is 30.3 Å². The standard InChI is InChI=1S/C12H9O2/c13-11-8-4-7-10(12(11)14)9-5-2-1-3-6-9/h1-8,13H. The summed E-state index contributed by atoms with van der Waals surface area (Å²) in [4.78, 5) is 0. The van der Waals surface area contributed by atoms with Crippen LogP contribution in [0.4, 0.5) is 0 Å². The summed E-state index contributed by atoms with van der Waals surface area (Å²) in [5, 5.41) is 20.8. The molecule has 0 spiro atoms. The summed E-state index contributed by atoms with van der Waals surface area (Å²) in [5.74, 6) is -0.523. The second kappa shape index (κ2) is 3.42. The van der Waals surface area contributed by atoms with E-state index in [0.29, 0.717) is 5.56 Å². The van der Waals surface area contributed by atoms with E-state index >= 15 is 0 Å². The van der Waals surface area contributed by atoms with Gasteiger partial charge in [-0.1, -0.05) is 42.5 Å². The van der Waals surface area contributed by atoms with Crippen LogP contribution in [0.2, 0.25) is 0 Å². The minimum Gasteiger partial charge on any atom is -0.504 e. The lowest BCUT2D eigenvalue weighted by Crippen LogP contribution is -1.77. The van der Waals surface area contributed by atoms with Crippen molar-refractivity contribution in [1.82, 2.24) is 0 Å². The Bertz CT molecular complexity index is 435. The van der Waals surface area contributed by atoms with Gasteiger partial charge in [-0.15, -0.1) is 0 Å². The SMILES string of the molecule is [O]c1c(O)cccc1-c1ccccc1. The lowest BCUT2D eigenvalue weighted by atomic mass is 10.0. The second-order valence-electron chi connectivity index (χ2n) is 3.02. The molecule has 14 heavy (non-hydrogen) atoms. The maximum absolute atomic E-state index is 11.5. The number of phenolic OH excluding ortho intramolecular Hbond substituents is 1. The smallest absolute Gasteiger partial charge is 0.227 e. The molecule has 2 aromatic rings. The van der Waals surface area contributed by atoms with Crippen molar-refractivity contribution >= 4 is 0 Å². The fourth-order valence-corrected chi connectivity index (χ4v) is 1.37. The van der Waals surface area contributed by atoms with E-state index in [4.69, 9.17) is 0 Å². The fourth-order valence-electron chi connectivity index (χ4n) is 1.37. The van der Waals surface area contributed by atoms with Gasteiger partial charge in [-0.3, -0.25) is 5.11 Å². The van der Waals surface area contributed by atoms with Crippen LogP contribution in [0.15, 0.2) is 48.5 Å². The van der Waals surface area contributed by atoms with E-state index in [0.717, 1.165) is 5.56 Å². The second-order valence-corrected chi connectivity index (χ2v) is 3.02. The van der Waals surface area contributed by atoms with Gasteiger partial charge in [0.25, 0.3) is 0 Å². The van der Waals surface area contributed by atoms with Crippen LogP contribution in [0.1, 0.15) is 0 Å². The van der Waals surface area contributed by atoms with Crippen molar-refractivity contribution in [3.8, 4) is 22.6 Å². The third-order valence-electron chi connectivity index (χ3n) is 2.08. The molecule has 0 unspecified atom stereocenters. The third kappa shape index (κ3) is 1.42. The first-order chi connectivity index (χ1) is 6.79. The lowest BCUT2D eigenvalue weighted by molar-refractivity contribution is 0.326. The van der Waals surface area contributed by atoms with E-state index in [2.05, 4.69) is 0 Å². The summed E-state index contributed by atoms with van der Waals surface area (Å²) in [6.07, 6.45) is 0. The number of aromatic hydroxyl groups is 1. The molecule has 0 saturated carbocycles. The fraction of sp³-hybridized carbons (Fsp3) is 0. The molecule has 0 saturated heterocycles. The molecule has 2 heteroatoms. The van der Waals surface area contributed by atoms with Crippen molar-refractivity contribution in [3.63, 3.8) is 0 Å². The normalized spacial score (nSPS) is 10.0. The lowest BCUT2D eigenvalue weighted by Gasteiger charge is -2.03. The number of phenols is 1. The molecule has 0 fully saturated rings. The highest BCUT2D eigenvalue weighted by atomic mass is 16.3. The first kappa shape index (κ1) is 8.63. The summed E-state index contributed by atoms with van der Waals surface area (Å²) < 4.78 is 0. The van der Waals surface area contributed by atoms with E-state index < -0.39 is 0 Å². The summed E-state index contributed by atoms with van der Waals surface area (Å²) in [6.45, 7) is 0. The maximum atomic E-state index is 11.5. The van der Waals surface area contributed by atoms with Gasteiger partial charge in [-0.05, 0) is 11.6 Å². The third-order valence-corrected chi connectivity index (χ3v) is 2.08. The van der Waals surface area contributed by atoms with Crippen molar-refractivity contribution < 1.29 is 10.2 Å². The number of para-hydroxylation sites is 1. The molecule has 2 nitrogen and oxygen atoms in total. The van der Waals surface area contributed by atoms with Gasteiger partial charge < -0.3 is 5.11 Å². The summed E-state index contributed by atoms with van der Waals surface area (Å²) in [7, 11) is 0. The molecule has 0 bridgehead atoms. The zero-order valence-corrected chi connectivity index (χ0v) is 7.47. The van der Waals surface area contributed by atoms with Crippen molar-refractivity contribution in [2.24, 2.45) is 0 Å². The molecule has 0 atom stereocenters. The first-order valence-corrected chi connectivity index (χ1v) is 4.33. The molecule has 0 amide bonds. The Hall–Kier alpha value is -1.96. The van der Waals surface area contributed by atoms with Crippen molar-refractivity contribution in [3.05, 3.63) is 48.5 Å². The van der Waals surface area contributed by atoms with E-state index in [9.17, 15) is 10.2 Å². The largest absolute Gasteiger partial charge is 0.504 e. The zero-order chi connectivity index (χ0) is 9.97. The van der Waals surface area contributed by atoms with Crippen LogP contribution in [0.3, 0.4) is 0 Å². The van der Waals surface area contributed by atoms with Crippen LogP contribution in [0.5, 0.6) is 11.5 Å². The zero-order valence-electron chi connectivity index (χ0n) is 7.47. The van der Waals surface area contributed by atoms with Gasteiger partial charge in [0.15, 0.2) is 5.75 Å². The highest BCUT2D eigenvalue weighted by Crippen LogP contribution is 2.36.